The van der Waals surface area contributed by atoms with Crippen LogP contribution in [0.15, 0.2) is 0 Å². The summed E-state index contributed by atoms with van der Waals surface area (Å²) in [4.78, 5) is 1.85. The summed E-state index contributed by atoms with van der Waals surface area (Å²) in [6.07, 6.45) is -0.878. The maximum atomic E-state index is 13.4. The predicted molar refractivity (Wildman–Crippen MR) is 44.9 cm³/mol. The van der Waals surface area contributed by atoms with Crippen LogP contribution in [0.4, 0.5) is 8.78 Å². The molecule has 0 spiro atoms. The van der Waals surface area contributed by atoms with Crippen molar-refractivity contribution in [3.63, 3.8) is 0 Å². The van der Waals surface area contributed by atoms with E-state index in [2.05, 4.69) is 0 Å². The highest BCUT2D eigenvalue weighted by atomic mass is 19.3. The van der Waals surface area contributed by atoms with Crippen molar-refractivity contribution in [3.8, 4) is 0 Å². The average Bonchev–Trinajstić information content (AvgIpc) is 2.39. The van der Waals surface area contributed by atoms with Gasteiger partial charge >= 0.3 is 0 Å². The van der Waals surface area contributed by atoms with Crippen LogP contribution in [0.5, 0.6) is 0 Å². The molecule has 2 saturated heterocycles. The third-order valence-corrected chi connectivity index (χ3v) is 2.93. The Hall–Kier alpha value is -0.220. The SMILES string of the molecule is CC(C)(C)N1C[C@@H]2OC[C@H]1C2(F)F. The molecule has 2 heterocycles. The van der Waals surface area contributed by atoms with Gasteiger partial charge in [0, 0.05) is 12.1 Å². The smallest absolute Gasteiger partial charge is 0.292 e. The van der Waals surface area contributed by atoms with Crippen LogP contribution >= 0.6 is 0 Å². The molecule has 0 N–H and O–H groups in total. The Labute approximate surface area is 76.9 Å². The van der Waals surface area contributed by atoms with Gasteiger partial charge in [-0.15, -0.1) is 0 Å². The van der Waals surface area contributed by atoms with Crippen molar-refractivity contribution in [2.24, 2.45) is 0 Å². The number of fused-ring (bicyclic) bond motifs is 2. The predicted octanol–water partition coefficient (Wildman–Crippen LogP) is 1.50. The van der Waals surface area contributed by atoms with E-state index in [0.29, 0.717) is 6.54 Å². The maximum Gasteiger partial charge on any atom is 0.292 e. The molecule has 0 aromatic heterocycles. The van der Waals surface area contributed by atoms with Crippen LogP contribution in [0.25, 0.3) is 0 Å². The third-order valence-electron chi connectivity index (χ3n) is 2.93. The van der Waals surface area contributed by atoms with Crippen LogP contribution in [0.2, 0.25) is 0 Å². The molecule has 2 rings (SSSR count). The summed E-state index contributed by atoms with van der Waals surface area (Å²) in [5.74, 6) is -2.65. The Kier molecular flexibility index (Phi) is 1.74. The summed E-state index contributed by atoms with van der Waals surface area (Å²) in [6.45, 7) is 6.42. The normalized spacial score (nSPS) is 38.5. The van der Waals surface area contributed by atoms with Gasteiger partial charge in [-0.05, 0) is 20.8 Å². The number of rotatable bonds is 0. The number of morpholine rings is 1. The minimum Gasteiger partial charge on any atom is -0.369 e. The molecule has 2 atom stereocenters. The van der Waals surface area contributed by atoms with Crippen molar-refractivity contribution in [3.05, 3.63) is 0 Å². The van der Waals surface area contributed by atoms with E-state index in [1.165, 1.54) is 0 Å². The highest BCUT2D eigenvalue weighted by molar-refractivity contribution is 5.08. The lowest BCUT2D eigenvalue weighted by atomic mass is 10.0. The van der Waals surface area contributed by atoms with E-state index in [-0.39, 0.29) is 12.1 Å². The zero-order valence-corrected chi connectivity index (χ0v) is 8.18. The molecule has 2 fully saturated rings. The van der Waals surface area contributed by atoms with E-state index in [1.54, 1.807) is 0 Å². The summed E-state index contributed by atoms with van der Waals surface area (Å²) >= 11 is 0. The van der Waals surface area contributed by atoms with Gasteiger partial charge in [-0.3, -0.25) is 4.90 Å². The first-order valence-electron chi connectivity index (χ1n) is 4.59. The van der Waals surface area contributed by atoms with Gasteiger partial charge in [0.1, 0.15) is 12.1 Å². The summed E-state index contributed by atoms with van der Waals surface area (Å²) in [5, 5.41) is 0. The zero-order chi connectivity index (χ0) is 9.85. The number of ether oxygens (including phenoxy) is 1. The lowest BCUT2D eigenvalue weighted by Gasteiger charge is -2.37. The fourth-order valence-electron chi connectivity index (χ4n) is 2.16. The minimum absolute atomic E-state index is 0.176. The van der Waals surface area contributed by atoms with Gasteiger partial charge in [-0.25, -0.2) is 8.78 Å². The van der Waals surface area contributed by atoms with Crippen LogP contribution < -0.4 is 0 Å². The molecule has 0 unspecified atom stereocenters. The molecule has 0 aliphatic carbocycles. The molecular weight excluding hydrogens is 176 g/mol. The standard InChI is InChI=1S/C9H15F2NO/c1-8(2,3)12-4-7-9(10,11)6(12)5-13-7/h6-7H,4-5H2,1-3H3/t6-,7-/m0/s1. The van der Waals surface area contributed by atoms with E-state index in [1.807, 2.05) is 25.7 Å². The van der Waals surface area contributed by atoms with Crippen LogP contribution in [0.3, 0.4) is 0 Å². The number of hydrogen-bond donors (Lipinski definition) is 0. The second-order valence-electron chi connectivity index (χ2n) is 4.84. The first-order valence-corrected chi connectivity index (χ1v) is 4.59. The molecule has 4 heteroatoms. The Morgan fingerprint density at radius 2 is 2.00 bits per heavy atom. The fourth-order valence-corrected chi connectivity index (χ4v) is 2.16. The lowest BCUT2D eigenvalue weighted by Crippen LogP contribution is -2.50. The van der Waals surface area contributed by atoms with Gasteiger partial charge in [0.25, 0.3) is 5.92 Å². The third kappa shape index (κ3) is 1.19. The number of halogens is 2. The van der Waals surface area contributed by atoms with Crippen LogP contribution in [-0.2, 0) is 4.74 Å². The molecule has 0 saturated carbocycles. The Balaban J connectivity index is 2.23. The maximum absolute atomic E-state index is 13.4. The van der Waals surface area contributed by atoms with Crippen LogP contribution in [0, 0.1) is 0 Å². The molecular formula is C9H15F2NO. The van der Waals surface area contributed by atoms with E-state index in [9.17, 15) is 8.78 Å². The second kappa shape index (κ2) is 2.42. The van der Waals surface area contributed by atoms with Crippen LogP contribution in [-0.4, -0.2) is 41.7 Å². The van der Waals surface area contributed by atoms with Crippen molar-refractivity contribution >= 4 is 0 Å². The highest BCUT2D eigenvalue weighted by Crippen LogP contribution is 2.44. The highest BCUT2D eigenvalue weighted by Gasteiger charge is 2.63. The van der Waals surface area contributed by atoms with Crippen LogP contribution in [0.1, 0.15) is 20.8 Å². The lowest BCUT2D eigenvalue weighted by molar-refractivity contribution is -0.0482. The molecule has 76 valence electrons. The Morgan fingerprint density at radius 1 is 1.38 bits per heavy atom. The molecule has 2 nitrogen and oxygen atoms in total. The van der Waals surface area contributed by atoms with Crippen molar-refractivity contribution < 1.29 is 13.5 Å². The van der Waals surface area contributed by atoms with Gasteiger partial charge < -0.3 is 4.74 Å². The molecule has 13 heavy (non-hydrogen) atoms. The Morgan fingerprint density at radius 3 is 2.23 bits per heavy atom. The molecule has 0 aromatic carbocycles. The second-order valence-corrected chi connectivity index (χ2v) is 4.84. The number of alkyl halides is 2. The van der Waals surface area contributed by atoms with Crippen molar-refractivity contribution in [2.45, 2.75) is 44.4 Å². The van der Waals surface area contributed by atoms with E-state index < -0.39 is 18.1 Å². The summed E-state index contributed by atoms with van der Waals surface area (Å²) in [6, 6.07) is -0.711. The monoisotopic (exact) mass is 191 g/mol. The largest absolute Gasteiger partial charge is 0.369 e. The quantitative estimate of drug-likeness (QED) is 0.575. The fraction of sp³-hybridized carbons (Fsp3) is 1.00. The van der Waals surface area contributed by atoms with E-state index >= 15 is 0 Å². The van der Waals surface area contributed by atoms with Crippen molar-refractivity contribution in [1.82, 2.24) is 4.90 Å². The van der Waals surface area contributed by atoms with Crippen molar-refractivity contribution in [1.29, 1.82) is 0 Å². The number of likely N-dealkylation sites (tertiary alicyclic amines) is 1. The number of hydrogen-bond acceptors (Lipinski definition) is 2. The molecule has 0 amide bonds. The molecule has 2 bridgehead atoms. The zero-order valence-electron chi connectivity index (χ0n) is 8.18. The van der Waals surface area contributed by atoms with Gasteiger partial charge in [0.15, 0.2) is 0 Å². The van der Waals surface area contributed by atoms with E-state index in [4.69, 9.17) is 4.74 Å². The average molecular weight is 191 g/mol. The molecule has 0 radical (unpaired) electrons. The van der Waals surface area contributed by atoms with Gasteiger partial charge in [0.2, 0.25) is 0 Å². The van der Waals surface area contributed by atoms with E-state index in [0.717, 1.165) is 0 Å². The summed E-state index contributed by atoms with van der Waals surface area (Å²) < 4.78 is 31.8. The first-order chi connectivity index (χ1) is 5.83. The topological polar surface area (TPSA) is 12.5 Å². The van der Waals surface area contributed by atoms with Gasteiger partial charge in [0.05, 0.1) is 6.61 Å². The first kappa shape index (κ1) is 9.34. The molecule has 0 aromatic rings. The van der Waals surface area contributed by atoms with Crippen molar-refractivity contribution in [2.75, 3.05) is 13.2 Å². The van der Waals surface area contributed by atoms with Gasteiger partial charge in [-0.2, -0.15) is 0 Å². The molecule has 2 aliphatic heterocycles. The Bertz CT molecular complexity index is 224. The summed E-state index contributed by atoms with van der Waals surface area (Å²) in [5.41, 5.74) is -0.188. The number of nitrogens with zero attached hydrogens (tertiary/aromatic N) is 1. The summed E-state index contributed by atoms with van der Waals surface area (Å²) in [7, 11) is 0. The molecule has 2 aliphatic rings. The minimum atomic E-state index is -2.65. The van der Waals surface area contributed by atoms with Gasteiger partial charge in [-0.1, -0.05) is 0 Å².